The Morgan fingerprint density at radius 2 is 1.86 bits per heavy atom. The molecule has 0 N–H and O–H groups in total. The molecule has 0 spiro atoms. The summed E-state index contributed by atoms with van der Waals surface area (Å²) in [5.41, 5.74) is 3.59. The zero-order chi connectivity index (χ0) is 18.9. The molecule has 0 saturated carbocycles. The molecule has 5 nitrogen and oxygen atoms in total. The van der Waals surface area contributed by atoms with Gasteiger partial charge in [-0.2, -0.15) is 0 Å². The van der Waals surface area contributed by atoms with E-state index in [-0.39, 0.29) is 5.91 Å². The molecule has 3 heterocycles. The second-order valence-electron chi connectivity index (χ2n) is 7.28. The number of fused-ring (bicyclic) bond motifs is 1. The molecule has 28 heavy (non-hydrogen) atoms. The average Bonchev–Trinajstić information content (AvgIpc) is 3.20. The highest BCUT2D eigenvalue weighted by molar-refractivity contribution is 7.11. The minimum Gasteiger partial charge on any atom is -0.431 e. The first-order valence-corrected chi connectivity index (χ1v) is 10.4. The van der Waals surface area contributed by atoms with Crippen LogP contribution in [0.1, 0.15) is 21.5 Å². The van der Waals surface area contributed by atoms with Crippen LogP contribution < -0.4 is 4.74 Å². The standard InChI is InChI=1S/C22H21N3O2S/c26-21(17-5-7-20(8-6-17)27-22-23-10-12-28-22)25-14-19(15-25)24-11-9-16-3-1-2-4-18(16)13-24/h1-8,10,12,19H,9,11,13-15H2. The van der Waals surface area contributed by atoms with Crippen molar-refractivity contribution in [3.8, 4) is 10.9 Å². The van der Waals surface area contributed by atoms with E-state index < -0.39 is 0 Å². The Balaban J connectivity index is 1.17. The maximum Gasteiger partial charge on any atom is 0.278 e. The Morgan fingerprint density at radius 1 is 1.07 bits per heavy atom. The summed E-state index contributed by atoms with van der Waals surface area (Å²) in [5.74, 6) is 0.787. The van der Waals surface area contributed by atoms with E-state index in [1.54, 1.807) is 6.20 Å². The van der Waals surface area contributed by atoms with Crippen molar-refractivity contribution >= 4 is 17.2 Å². The van der Waals surface area contributed by atoms with Crippen LogP contribution in [-0.4, -0.2) is 46.4 Å². The molecule has 3 aromatic rings. The van der Waals surface area contributed by atoms with Crippen LogP contribution in [0.15, 0.2) is 60.1 Å². The number of carbonyl (C=O) groups is 1. The number of ether oxygens (including phenoxy) is 1. The minimum absolute atomic E-state index is 0.0921. The van der Waals surface area contributed by atoms with E-state index in [9.17, 15) is 4.79 Å². The molecule has 0 radical (unpaired) electrons. The molecular formula is C22H21N3O2S. The van der Waals surface area contributed by atoms with Gasteiger partial charge in [-0.1, -0.05) is 35.6 Å². The average molecular weight is 391 g/mol. The third-order valence-corrected chi connectivity index (χ3v) is 6.19. The normalized spacial score (nSPS) is 17.1. The lowest BCUT2D eigenvalue weighted by atomic mass is 9.96. The zero-order valence-corrected chi connectivity index (χ0v) is 16.3. The predicted molar refractivity (Wildman–Crippen MR) is 109 cm³/mol. The SMILES string of the molecule is O=C(c1ccc(Oc2nccs2)cc1)N1CC(N2CCc3ccccc3C2)C1. The summed E-state index contributed by atoms with van der Waals surface area (Å²) in [5, 5.41) is 2.47. The highest BCUT2D eigenvalue weighted by Crippen LogP contribution is 2.27. The summed E-state index contributed by atoms with van der Waals surface area (Å²) in [6.45, 7) is 3.68. The van der Waals surface area contributed by atoms with Crippen LogP contribution in [-0.2, 0) is 13.0 Å². The molecular weight excluding hydrogens is 370 g/mol. The minimum atomic E-state index is 0.0921. The highest BCUT2D eigenvalue weighted by Gasteiger charge is 2.36. The van der Waals surface area contributed by atoms with Gasteiger partial charge >= 0.3 is 0 Å². The van der Waals surface area contributed by atoms with Gasteiger partial charge in [0.15, 0.2) is 0 Å². The van der Waals surface area contributed by atoms with Crippen LogP contribution in [0.2, 0.25) is 0 Å². The monoisotopic (exact) mass is 391 g/mol. The first-order chi connectivity index (χ1) is 13.8. The molecule has 0 unspecified atom stereocenters. The maximum atomic E-state index is 12.7. The quantitative estimate of drug-likeness (QED) is 0.678. The van der Waals surface area contributed by atoms with E-state index in [4.69, 9.17) is 4.74 Å². The Hall–Kier alpha value is -2.70. The van der Waals surface area contributed by atoms with Crippen LogP contribution in [0.3, 0.4) is 0 Å². The number of benzene rings is 2. The number of hydrogen-bond acceptors (Lipinski definition) is 5. The fourth-order valence-corrected chi connectivity index (χ4v) is 4.40. The summed E-state index contributed by atoms with van der Waals surface area (Å²) < 4.78 is 5.65. The van der Waals surface area contributed by atoms with E-state index in [2.05, 4.69) is 34.1 Å². The Labute approximate surface area is 168 Å². The van der Waals surface area contributed by atoms with Gasteiger partial charge in [0.1, 0.15) is 5.75 Å². The molecule has 5 rings (SSSR count). The predicted octanol–water partition coefficient (Wildman–Crippen LogP) is 3.82. The zero-order valence-electron chi connectivity index (χ0n) is 15.5. The summed E-state index contributed by atoms with van der Waals surface area (Å²) in [4.78, 5) is 21.3. The number of carbonyl (C=O) groups excluding carboxylic acids is 1. The first-order valence-electron chi connectivity index (χ1n) is 9.54. The van der Waals surface area contributed by atoms with Crippen molar-refractivity contribution in [3.63, 3.8) is 0 Å². The third-order valence-electron chi connectivity index (χ3n) is 5.54. The number of likely N-dealkylation sites (tertiary alicyclic amines) is 1. The van der Waals surface area contributed by atoms with Crippen LogP contribution in [0.5, 0.6) is 10.9 Å². The fourth-order valence-electron chi connectivity index (χ4n) is 3.89. The molecule has 2 aliphatic heterocycles. The van der Waals surface area contributed by atoms with Crippen molar-refractivity contribution in [3.05, 3.63) is 76.8 Å². The van der Waals surface area contributed by atoms with Crippen molar-refractivity contribution in [2.75, 3.05) is 19.6 Å². The van der Waals surface area contributed by atoms with Gasteiger partial charge in [0, 0.05) is 49.4 Å². The van der Waals surface area contributed by atoms with E-state index in [1.807, 2.05) is 34.5 Å². The molecule has 1 fully saturated rings. The number of rotatable bonds is 4. The summed E-state index contributed by atoms with van der Waals surface area (Å²) in [6, 6.07) is 16.5. The Kier molecular flexibility index (Phi) is 4.58. The van der Waals surface area contributed by atoms with Gasteiger partial charge < -0.3 is 9.64 Å². The first kappa shape index (κ1) is 17.4. The lowest BCUT2D eigenvalue weighted by Crippen LogP contribution is -2.61. The van der Waals surface area contributed by atoms with E-state index in [0.717, 1.165) is 32.6 Å². The number of hydrogen-bond donors (Lipinski definition) is 0. The van der Waals surface area contributed by atoms with E-state index in [0.29, 0.717) is 22.5 Å². The smallest absolute Gasteiger partial charge is 0.278 e. The molecule has 2 aromatic carbocycles. The van der Waals surface area contributed by atoms with Crippen molar-refractivity contribution in [2.24, 2.45) is 0 Å². The fraction of sp³-hybridized carbons (Fsp3) is 0.273. The lowest BCUT2D eigenvalue weighted by Gasteiger charge is -2.47. The molecule has 142 valence electrons. The van der Waals surface area contributed by atoms with E-state index in [1.165, 1.54) is 22.5 Å². The summed E-state index contributed by atoms with van der Waals surface area (Å²) in [6.07, 6.45) is 2.81. The van der Waals surface area contributed by atoms with Crippen molar-refractivity contribution < 1.29 is 9.53 Å². The molecule has 0 bridgehead atoms. The molecule has 6 heteroatoms. The lowest BCUT2D eigenvalue weighted by molar-refractivity contribution is 0.0218. The number of aromatic nitrogens is 1. The Bertz CT molecular complexity index is 966. The third kappa shape index (κ3) is 3.41. The molecule has 1 amide bonds. The second-order valence-corrected chi connectivity index (χ2v) is 8.13. The van der Waals surface area contributed by atoms with Gasteiger partial charge in [-0.3, -0.25) is 9.69 Å². The van der Waals surface area contributed by atoms with Crippen LogP contribution >= 0.6 is 11.3 Å². The highest BCUT2D eigenvalue weighted by atomic mass is 32.1. The summed E-state index contributed by atoms with van der Waals surface area (Å²) >= 11 is 1.44. The van der Waals surface area contributed by atoms with Gasteiger partial charge in [0.25, 0.3) is 11.1 Å². The Morgan fingerprint density at radius 3 is 2.61 bits per heavy atom. The van der Waals surface area contributed by atoms with Crippen LogP contribution in [0.25, 0.3) is 0 Å². The molecule has 0 atom stereocenters. The second kappa shape index (κ2) is 7.37. The van der Waals surface area contributed by atoms with Crippen LogP contribution in [0, 0.1) is 0 Å². The summed E-state index contributed by atoms with van der Waals surface area (Å²) in [7, 11) is 0. The molecule has 1 aromatic heterocycles. The van der Waals surface area contributed by atoms with Crippen molar-refractivity contribution in [1.29, 1.82) is 0 Å². The van der Waals surface area contributed by atoms with Gasteiger partial charge in [0.2, 0.25) is 0 Å². The van der Waals surface area contributed by atoms with Gasteiger partial charge in [-0.05, 0) is 41.8 Å². The van der Waals surface area contributed by atoms with Gasteiger partial charge in [0.05, 0.1) is 0 Å². The maximum absolute atomic E-state index is 12.7. The van der Waals surface area contributed by atoms with E-state index >= 15 is 0 Å². The van der Waals surface area contributed by atoms with Crippen molar-refractivity contribution in [2.45, 2.75) is 19.0 Å². The van der Waals surface area contributed by atoms with Gasteiger partial charge in [-0.25, -0.2) is 4.98 Å². The topological polar surface area (TPSA) is 45.7 Å². The number of nitrogens with zero attached hydrogens (tertiary/aromatic N) is 3. The largest absolute Gasteiger partial charge is 0.431 e. The van der Waals surface area contributed by atoms with Crippen molar-refractivity contribution in [1.82, 2.24) is 14.8 Å². The number of thiazole rings is 1. The van der Waals surface area contributed by atoms with Crippen LogP contribution in [0.4, 0.5) is 0 Å². The molecule has 2 aliphatic rings. The van der Waals surface area contributed by atoms with Gasteiger partial charge in [-0.15, -0.1) is 0 Å². The number of amides is 1. The molecule has 0 aliphatic carbocycles. The molecule has 1 saturated heterocycles.